The maximum Gasteiger partial charge on any atom is 0.180 e. The van der Waals surface area contributed by atoms with Crippen LogP contribution < -0.4 is 14.8 Å². The van der Waals surface area contributed by atoms with Gasteiger partial charge in [-0.25, -0.2) is 8.42 Å². The highest BCUT2D eigenvalue weighted by Gasteiger charge is 2.42. The summed E-state index contributed by atoms with van der Waals surface area (Å²) >= 11 is 0. The van der Waals surface area contributed by atoms with E-state index in [1.165, 1.54) is 7.11 Å². The predicted octanol–water partition coefficient (Wildman–Crippen LogP) is 4.51. The van der Waals surface area contributed by atoms with E-state index >= 15 is 0 Å². The minimum absolute atomic E-state index is 0.0717. The number of benzene rings is 2. The first-order valence-electron chi connectivity index (χ1n) is 10.2. The molecule has 1 N–H and O–H groups in total. The molecule has 1 aliphatic heterocycles. The van der Waals surface area contributed by atoms with Gasteiger partial charge < -0.3 is 9.47 Å². The highest BCUT2D eigenvalue weighted by atomic mass is 32.2. The molecule has 6 heteroatoms. The van der Waals surface area contributed by atoms with E-state index in [0.717, 1.165) is 31.2 Å². The third-order valence-corrected chi connectivity index (χ3v) is 7.85. The largest absolute Gasteiger partial charge is 0.493 e. The van der Waals surface area contributed by atoms with E-state index < -0.39 is 15.4 Å². The molecule has 3 rings (SSSR count). The molecule has 0 saturated heterocycles. The standard InChI is InChI=1S/C23H31NO4S/c1-5-7-13-23(6-2)16-29(25,26)21-15-20(28-4)19(27-3)14-18(21)22(24-23)17-11-9-8-10-12-17/h8-12,14-15,22,24H,5-7,13,16H2,1-4H3. The molecule has 2 aromatic carbocycles. The molecule has 2 aromatic rings. The molecule has 0 fully saturated rings. The topological polar surface area (TPSA) is 64.6 Å². The zero-order chi connectivity index (χ0) is 21.1. The van der Waals surface area contributed by atoms with Crippen LogP contribution in [0.3, 0.4) is 0 Å². The first-order chi connectivity index (χ1) is 13.9. The highest BCUT2D eigenvalue weighted by Crippen LogP contribution is 2.42. The molecular weight excluding hydrogens is 386 g/mol. The van der Waals surface area contributed by atoms with Crippen LogP contribution in [0.15, 0.2) is 47.4 Å². The lowest BCUT2D eigenvalue weighted by atomic mass is 9.88. The zero-order valence-electron chi connectivity index (χ0n) is 17.7. The van der Waals surface area contributed by atoms with Crippen molar-refractivity contribution in [1.29, 1.82) is 0 Å². The van der Waals surface area contributed by atoms with Gasteiger partial charge in [0.25, 0.3) is 0 Å². The number of methoxy groups -OCH3 is 2. The van der Waals surface area contributed by atoms with Crippen molar-refractivity contribution in [3.63, 3.8) is 0 Å². The summed E-state index contributed by atoms with van der Waals surface area (Å²) < 4.78 is 38.0. The average molecular weight is 418 g/mol. The minimum atomic E-state index is -3.53. The second-order valence-corrected chi connectivity index (χ2v) is 9.69. The molecule has 2 atom stereocenters. The van der Waals surface area contributed by atoms with Crippen molar-refractivity contribution in [3.8, 4) is 11.5 Å². The fourth-order valence-electron chi connectivity index (χ4n) is 4.19. The fraction of sp³-hybridized carbons (Fsp3) is 0.478. The maximum atomic E-state index is 13.5. The molecule has 29 heavy (non-hydrogen) atoms. The van der Waals surface area contributed by atoms with Crippen LogP contribution in [0.4, 0.5) is 0 Å². The van der Waals surface area contributed by atoms with E-state index in [1.54, 1.807) is 13.2 Å². The van der Waals surface area contributed by atoms with Gasteiger partial charge in [-0.15, -0.1) is 0 Å². The van der Waals surface area contributed by atoms with Crippen LogP contribution in [0.1, 0.15) is 56.7 Å². The molecule has 0 bridgehead atoms. The molecule has 2 unspecified atom stereocenters. The summed E-state index contributed by atoms with van der Waals surface area (Å²) in [6.45, 7) is 4.20. The van der Waals surface area contributed by atoms with Crippen LogP contribution in [-0.2, 0) is 9.84 Å². The number of nitrogens with one attached hydrogen (secondary N) is 1. The Morgan fingerprint density at radius 1 is 1.07 bits per heavy atom. The molecule has 5 nitrogen and oxygen atoms in total. The van der Waals surface area contributed by atoms with E-state index in [2.05, 4.69) is 19.2 Å². The van der Waals surface area contributed by atoms with E-state index in [1.807, 2.05) is 36.4 Å². The van der Waals surface area contributed by atoms with Crippen LogP contribution in [0.2, 0.25) is 0 Å². The zero-order valence-corrected chi connectivity index (χ0v) is 18.5. The Balaban J connectivity index is 2.27. The number of fused-ring (bicyclic) bond motifs is 1. The molecule has 0 radical (unpaired) electrons. The van der Waals surface area contributed by atoms with Gasteiger partial charge in [0.2, 0.25) is 0 Å². The van der Waals surface area contributed by atoms with Crippen molar-refractivity contribution in [1.82, 2.24) is 5.32 Å². The third-order valence-electron chi connectivity index (χ3n) is 5.90. The molecule has 0 spiro atoms. The van der Waals surface area contributed by atoms with Crippen LogP contribution in [0.5, 0.6) is 11.5 Å². The molecule has 158 valence electrons. The number of sulfone groups is 1. The van der Waals surface area contributed by atoms with Crippen molar-refractivity contribution < 1.29 is 17.9 Å². The molecular formula is C23H31NO4S. The summed E-state index contributed by atoms with van der Waals surface area (Å²) in [7, 11) is -0.432. The van der Waals surface area contributed by atoms with Gasteiger partial charge in [0.1, 0.15) is 0 Å². The first-order valence-corrected chi connectivity index (χ1v) is 11.9. The van der Waals surface area contributed by atoms with Crippen molar-refractivity contribution in [2.75, 3.05) is 20.0 Å². The van der Waals surface area contributed by atoms with Gasteiger partial charge >= 0.3 is 0 Å². The summed E-state index contributed by atoms with van der Waals surface area (Å²) in [5, 5.41) is 3.76. The summed E-state index contributed by atoms with van der Waals surface area (Å²) in [6.07, 6.45) is 3.54. The second-order valence-electron chi connectivity index (χ2n) is 7.73. The third kappa shape index (κ3) is 4.28. The van der Waals surface area contributed by atoms with Gasteiger partial charge in [0.15, 0.2) is 21.3 Å². The lowest BCUT2D eigenvalue weighted by molar-refractivity contribution is 0.294. The van der Waals surface area contributed by atoms with Crippen molar-refractivity contribution in [2.45, 2.75) is 56.0 Å². The quantitative estimate of drug-likeness (QED) is 0.718. The molecule has 0 aliphatic carbocycles. The Labute approximate surface area is 174 Å². The lowest BCUT2D eigenvalue weighted by Gasteiger charge is -2.36. The SMILES string of the molecule is CCCCC1(CC)CS(=O)(=O)c2cc(OC)c(OC)cc2C(c2ccccc2)N1. The number of rotatable bonds is 7. The van der Waals surface area contributed by atoms with Crippen molar-refractivity contribution in [2.24, 2.45) is 0 Å². The van der Waals surface area contributed by atoms with Gasteiger partial charge in [0, 0.05) is 11.6 Å². The summed E-state index contributed by atoms with van der Waals surface area (Å²) in [6, 6.07) is 13.2. The van der Waals surface area contributed by atoms with Crippen molar-refractivity contribution in [3.05, 3.63) is 53.6 Å². The summed E-state index contributed by atoms with van der Waals surface area (Å²) in [5.74, 6) is 1.03. The summed E-state index contributed by atoms with van der Waals surface area (Å²) in [4.78, 5) is 0.323. The van der Waals surface area contributed by atoms with Crippen LogP contribution >= 0.6 is 0 Å². The van der Waals surface area contributed by atoms with Gasteiger partial charge in [0.05, 0.1) is 30.9 Å². The molecule has 1 heterocycles. The number of ether oxygens (including phenoxy) is 2. The number of hydrogen-bond donors (Lipinski definition) is 1. The van der Waals surface area contributed by atoms with E-state index in [0.29, 0.717) is 22.0 Å². The van der Waals surface area contributed by atoms with Gasteiger partial charge in [-0.2, -0.15) is 0 Å². The van der Waals surface area contributed by atoms with E-state index in [-0.39, 0.29) is 11.8 Å². The second kappa shape index (κ2) is 8.76. The Morgan fingerprint density at radius 3 is 2.31 bits per heavy atom. The van der Waals surface area contributed by atoms with Gasteiger partial charge in [-0.1, -0.05) is 57.0 Å². The fourth-order valence-corrected chi connectivity index (χ4v) is 6.32. The maximum absolute atomic E-state index is 13.5. The number of hydrogen-bond acceptors (Lipinski definition) is 5. The Hall–Kier alpha value is -2.05. The molecule has 1 aliphatic rings. The molecule has 0 saturated carbocycles. The smallest absolute Gasteiger partial charge is 0.180 e. The molecule has 0 amide bonds. The predicted molar refractivity (Wildman–Crippen MR) is 116 cm³/mol. The monoisotopic (exact) mass is 417 g/mol. The van der Waals surface area contributed by atoms with Gasteiger partial charge in [-0.05, 0) is 30.0 Å². The van der Waals surface area contributed by atoms with Crippen LogP contribution in [-0.4, -0.2) is 33.9 Å². The van der Waals surface area contributed by atoms with Crippen LogP contribution in [0, 0.1) is 0 Å². The Bertz CT molecular complexity index is 943. The van der Waals surface area contributed by atoms with Crippen LogP contribution in [0.25, 0.3) is 0 Å². The normalized spacial score (nSPS) is 23.1. The first kappa shape index (κ1) is 21.7. The highest BCUT2D eigenvalue weighted by molar-refractivity contribution is 7.91. The average Bonchev–Trinajstić information content (AvgIpc) is 2.84. The summed E-state index contributed by atoms with van der Waals surface area (Å²) in [5.41, 5.74) is 1.25. The Kier molecular flexibility index (Phi) is 6.54. The minimum Gasteiger partial charge on any atom is -0.493 e. The lowest BCUT2D eigenvalue weighted by Crippen LogP contribution is -2.50. The van der Waals surface area contributed by atoms with E-state index in [9.17, 15) is 8.42 Å². The number of unbranched alkanes of at least 4 members (excludes halogenated alkanes) is 1. The Morgan fingerprint density at radius 2 is 1.72 bits per heavy atom. The van der Waals surface area contributed by atoms with E-state index in [4.69, 9.17) is 9.47 Å². The van der Waals surface area contributed by atoms with Gasteiger partial charge in [-0.3, -0.25) is 5.32 Å². The molecule has 0 aromatic heterocycles. The van der Waals surface area contributed by atoms with Crippen molar-refractivity contribution >= 4 is 9.84 Å².